The highest BCUT2D eigenvalue weighted by atomic mass is 79.9. The molecule has 0 amide bonds. The first-order chi connectivity index (χ1) is 9.51. The van der Waals surface area contributed by atoms with Gasteiger partial charge in [-0.25, -0.2) is 4.39 Å². The number of nitrogens with zero attached hydrogens (tertiary/aromatic N) is 2. The first kappa shape index (κ1) is 14.0. The molecule has 0 fully saturated rings. The summed E-state index contributed by atoms with van der Waals surface area (Å²) in [6.45, 7) is 0. The molecular formula is C13H7BrFN3O2. The standard InChI is InChI=1S/C13H7BrFN3O2/c14-11-3-1-9(6-12(11)15)17-13-4-2-10(18(19)20)5-8(13)7-16/h1-6,17H. The van der Waals surface area contributed by atoms with Crippen LogP contribution in [-0.2, 0) is 0 Å². The van der Waals surface area contributed by atoms with Crippen LogP contribution >= 0.6 is 15.9 Å². The zero-order valence-corrected chi connectivity index (χ0v) is 11.5. The summed E-state index contributed by atoms with van der Waals surface area (Å²) in [7, 11) is 0. The SMILES string of the molecule is N#Cc1cc([N+](=O)[O-])ccc1Nc1ccc(Br)c(F)c1. The van der Waals surface area contributed by atoms with Crippen LogP contribution in [-0.4, -0.2) is 4.92 Å². The molecule has 0 unspecified atom stereocenters. The third kappa shape index (κ3) is 2.92. The molecule has 0 spiro atoms. The van der Waals surface area contributed by atoms with Crippen molar-refractivity contribution < 1.29 is 9.31 Å². The molecule has 2 rings (SSSR count). The number of halogens is 2. The Morgan fingerprint density at radius 2 is 2.05 bits per heavy atom. The van der Waals surface area contributed by atoms with Crippen LogP contribution in [0.4, 0.5) is 21.5 Å². The van der Waals surface area contributed by atoms with E-state index in [1.165, 1.54) is 24.3 Å². The predicted octanol–water partition coefficient (Wildman–Crippen LogP) is 4.11. The molecule has 0 atom stereocenters. The fourth-order valence-electron chi connectivity index (χ4n) is 1.58. The second-order valence-corrected chi connectivity index (χ2v) is 4.71. The van der Waals surface area contributed by atoms with E-state index >= 15 is 0 Å². The van der Waals surface area contributed by atoms with Gasteiger partial charge in [0.1, 0.15) is 11.9 Å². The zero-order valence-electron chi connectivity index (χ0n) is 9.93. The molecule has 0 aliphatic rings. The van der Waals surface area contributed by atoms with Crippen LogP contribution < -0.4 is 5.32 Å². The lowest BCUT2D eigenvalue weighted by Gasteiger charge is -2.08. The minimum Gasteiger partial charge on any atom is -0.354 e. The number of hydrogen-bond acceptors (Lipinski definition) is 4. The highest BCUT2D eigenvalue weighted by molar-refractivity contribution is 9.10. The summed E-state index contributed by atoms with van der Waals surface area (Å²) in [6.07, 6.45) is 0. The van der Waals surface area contributed by atoms with Crippen molar-refractivity contribution in [3.63, 3.8) is 0 Å². The number of rotatable bonds is 3. The van der Waals surface area contributed by atoms with E-state index in [4.69, 9.17) is 5.26 Å². The van der Waals surface area contributed by atoms with Crippen molar-refractivity contribution in [1.82, 2.24) is 0 Å². The molecule has 0 saturated carbocycles. The Morgan fingerprint density at radius 3 is 2.65 bits per heavy atom. The predicted molar refractivity (Wildman–Crippen MR) is 75.2 cm³/mol. The van der Waals surface area contributed by atoms with Gasteiger partial charge in [-0.15, -0.1) is 0 Å². The Bertz CT molecular complexity index is 728. The minimum atomic E-state index is -0.579. The van der Waals surface area contributed by atoms with Gasteiger partial charge < -0.3 is 5.32 Å². The Hall–Kier alpha value is -2.46. The van der Waals surface area contributed by atoms with E-state index in [1.807, 2.05) is 6.07 Å². The molecule has 2 aromatic rings. The average molecular weight is 336 g/mol. The molecule has 0 aliphatic carbocycles. The van der Waals surface area contributed by atoms with Gasteiger partial charge in [0.25, 0.3) is 5.69 Å². The maximum atomic E-state index is 13.4. The van der Waals surface area contributed by atoms with Gasteiger partial charge in [-0.2, -0.15) is 5.26 Å². The molecular weight excluding hydrogens is 329 g/mol. The summed E-state index contributed by atoms with van der Waals surface area (Å²) in [5.74, 6) is -0.449. The van der Waals surface area contributed by atoms with Gasteiger partial charge in [0.15, 0.2) is 0 Å². The van der Waals surface area contributed by atoms with E-state index in [9.17, 15) is 14.5 Å². The monoisotopic (exact) mass is 335 g/mol. The summed E-state index contributed by atoms with van der Waals surface area (Å²) in [6, 6.07) is 10.1. The molecule has 100 valence electrons. The van der Waals surface area contributed by atoms with Crippen LogP contribution in [0.5, 0.6) is 0 Å². The van der Waals surface area contributed by atoms with Gasteiger partial charge in [0.05, 0.1) is 20.6 Å². The molecule has 1 N–H and O–H groups in total. The lowest BCUT2D eigenvalue weighted by atomic mass is 10.1. The van der Waals surface area contributed by atoms with Gasteiger partial charge in [-0.05, 0) is 40.2 Å². The second kappa shape index (κ2) is 5.67. The topological polar surface area (TPSA) is 79.0 Å². The highest BCUT2D eigenvalue weighted by Gasteiger charge is 2.11. The number of nitro benzene ring substituents is 1. The maximum Gasteiger partial charge on any atom is 0.270 e. The Labute approximate surface area is 121 Å². The van der Waals surface area contributed by atoms with Gasteiger partial charge in [0, 0.05) is 17.8 Å². The minimum absolute atomic E-state index is 0.113. The summed E-state index contributed by atoms with van der Waals surface area (Å²) >= 11 is 3.04. The third-order valence-corrected chi connectivity index (χ3v) is 3.18. The van der Waals surface area contributed by atoms with Crippen LogP contribution in [0.2, 0.25) is 0 Å². The van der Waals surface area contributed by atoms with Crippen LogP contribution in [0.15, 0.2) is 40.9 Å². The van der Waals surface area contributed by atoms with Gasteiger partial charge >= 0.3 is 0 Å². The first-order valence-electron chi connectivity index (χ1n) is 5.42. The number of anilines is 2. The Kier molecular flexibility index (Phi) is 3.96. The van der Waals surface area contributed by atoms with Crippen molar-refractivity contribution in [3.8, 4) is 6.07 Å². The fourth-order valence-corrected chi connectivity index (χ4v) is 1.82. The lowest BCUT2D eigenvalue weighted by Crippen LogP contribution is -1.96. The zero-order chi connectivity index (χ0) is 14.7. The summed E-state index contributed by atoms with van der Waals surface area (Å²) in [5.41, 5.74) is 0.757. The van der Waals surface area contributed by atoms with Crippen molar-refractivity contribution >= 4 is 33.0 Å². The average Bonchev–Trinajstić information content (AvgIpc) is 2.43. The molecule has 20 heavy (non-hydrogen) atoms. The van der Waals surface area contributed by atoms with Crippen molar-refractivity contribution in [2.75, 3.05) is 5.32 Å². The molecule has 0 radical (unpaired) electrons. The molecule has 0 aliphatic heterocycles. The quantitative estimate of drug-likeness (QED) is 0.676. The van der Waals surface area contributed by atoms with E-state index in [2.05, 4.69) is 21.2 Å². The molecule has 7 heteroatoms. The van der Waals surface area contributed by atoms with Crippen LogP contribution in [0.1, 0.15) is 5.56 Å². The summed E-state index contributed by atoms with van der Waals surface area (Å²) in [5, 5.41) is 22.5. The Balaban J connectivity index is 2.36. The fraction of sp³-hybridized carbons (Fsp3) is 0. The summed E-state index contributed by atoms with van der Waals surface area (Å²) < 4.78 is 13.7. The number of nitro groups is 1. The number of nitrogens with one attached hydrogen (secondary N) is 1. The number of benzene rings is 2. The van der Waals surface area contributed by atoms with E-state index in [0.29, 0.717) is 15.8 Å². The van der Waals surface area contributed by atoms with E-state index in [1.54, 1.807) is 6.07 Å². The van der Waals surface area contributed by atoms with E-state index < -0.39 is 10.7 Å². The number of hydrogen-bond donors (Lipinski definition) is 1. The second-order valence-electron chi connectivity index (χ2n) is 3.85. The number of nitriles is 1. The summed E-state index contributed by atoms with van der Waals surface area (Å²) in [4.78, 5) is 10.1. The maximum absolute atomic E-state index is 13.4. The van der Waals surface area contributed by atoms with Gasteiger partial charge in [0.2, 0.25) is 0 Å². The molecule has 0 saturated heterocycles. The van der Waals surface area contributed by atoms with Crippen LogP contribution in [0.3, 0.4) is 0 Å². The molecule has 0 bridgehead atoms. The van der Waals surface area contributed by atoms with Crippen LogP contribution in [0.25, 0.3) is 0 Å². The van der Waals surface area contributed by atoms with Crippen molar-refractivity contribution in [2.24, 2.45) is 0 Å². The highest BCUT2D eigenvalue weighted by Crippen LogP contribution is 2.26. The lowest BCUT2D eigenvalue weighted by molar-refractivity contribution is -0.384. The molecule has 5 nitrogen and oxygen atoms in total. The Morgan fingerprint density at radius 1 is 1.30 bits per heavy atom. The van der Waals surface area contributed by atoms with Crippen molar-refractivity contribution in [3.05, 3.63) is 62.4 Å². The first-order valence-corrected chi connectivity index (χ1v) is 6.21. The molecule has 0 heterocycles. The van der Waals surface area contributed by atoms with Crippen molar-refractivity contribution in [2.45, 2.75) is 0 Å². The van der Waals surface area contributed by atoms with E-state index in [0.717, 1.165) is 6.07 Å². The largest absolute Gasteiger partial charge is 0.354 e. The van der Waals surface area contributed by atoms with Crippen LogP contribution in [0, 0.1) is 27.3 Å². The van der Waals surface area contributed by atoms with Gasteiger partial charge in [-0.1, -0.05) is 0 Å². The molecule has 0 aromatic heterocycles. The molecule has 2 aromatic carbocycles. The van der Waals surface area contributed by atoms with Crippen molar-refractivity contribution in [1.29, 1.82) is 5.26 Å². The number of non-ortho nitro benzene ring substituents is 1. The third-order valence-electron chi connectivity index (χ3n) is 2.53. The van der Waals surface area contributed by atoms with Gasteiger partial charge in [-0.3, -0.25) is 10.1 Å². The smallest absolute Gasteiger partial charge is 0.270 e. The normalized spacial score (nSPS) is 9.85. The van der Waals surface area contributed by atoms with E-state index in [-0.39, 0.29) is 11.3 Å².